The van der Waals surface area contributed by atoms with E-state index in [2.05, 4.69) is 0 Å². The minimum Gasteiger partial charge on any atom is -0.309 e. The summed E-state index contributed by atoms with van der Waals surface area (Å²) in [6, 6.07) is 2.47. The maximum Gasteiger partial charge on any atom is 0.278 e. The Hall–Kier alpha value is -1.24. The summed E-state index contributed by atoms with van der Waals surface area (Å²) in [6.45, 7) is 5.94. The van der Waals surface area contributed by atoms with Gasteiger partial charge in [0.05, 0.1) is 5.69 Å². The van der Waals surface area contributed by atoms with E-state index >= 15 is 0 Å². The van der Waals surface area contributed by atoms with E-state index in [4.69, 9.17) is 0 Å². The topological polar surface area (TPSA) is 20.3 Å². The predicted octanol–water partition coefficient (Wildman–Crippen LogP) is 4.41. The van der Waals surface area contributed by atoms with Crippen LogP contribution in [0, 0.1) is 30.0 Å². The maximum absolute atomic E-state index is 14.2. The van der Waals surface area contributed by atoms with Crippen molar-refractivity contribution in [2.24, 2.45) is 17.3 Å². The number of carbonyl (C=O) groups excluding carboxylic acids is 1. The number of alkyl halides is 3. The van der Waals surface area contributed by atoms with Crippen LogP contribution in [0.4, 0.5) is 23.2 Å². The molecule has 1 amide bonds. The number of fused-ring (bicyclic) bond motifs is 1. The van der Waals surface area contributed by atoms with Gasteiger partial charge >= 0.3 is 0 Å². The third-order valence-corrected chi connectivity index (χ3v) is 6.06. The molecule has 1 aromatic rings. The fourth-order valence-electron chi connectivity index (χ4n) is 3.40. The highest BCUT2D eigenvalue weighted by atomic mass is 32.2. The summed E-state index contributed by atoms with van der Waals surface area (Å²) in [5, 5.41) is 0. The second-order valence-electron chi connectivity index (χ2n) is 6.73. The Bertz CT molecular complexity index is 664. The van der Waals surface area contributed by atoms with E-state index in [1.165, 1.54) is 17.9 Å². The highest BCUT2D eigenvalue weighted by Gasteiger charge is 2.67. The van der Waals surface area contributed by atoms with Gasteiger partial charge in [-0.05, 0) is 36.0 Å². The zero-order valence-corrected chi connectivity index (χ0v) is 13.8. The van der Waals surface area contributed by atoms with E-state index in [-0.39, 0.29) is 33.7 Å². The molecule has 1 heterocycles. The van der Waals surface area contributed by atoms with Crippen LogP contribution in [0.1, 0.15) is 19.4 Å². The molecule has 3 atom stereocenters. The van der Waals surface area contributed by atoms with Gasteiger partial charge in [-0.3, -0.25) is 4.79 Å². The van der Waals surface area contributed by atoms with Gasteiger partial charge in [0, 0.05) is 17.4 Å². The summed E-state index contributed by atoms with van der Waals surface area (Å²) in [7, 11) is 0. The molecular formula is C16H17F4NOS. The Morgan fingerprint density at radius 2 is 1.96 bits per heavy atom. The quantitative estimate of drug-likeness (QED) is 0.594. The monoisotopic (exact) mass is 347 g/mol. The highest BCUT2D eigenvalue weighted by molar-refractivity contribution is 7.99. The third kappa shape index (κ3) is 2.62. The fourth-order valence-corrected chi connectivity index (χ4v) is 4.17. The molecule has 1 saturated heterocycles. The number of piperidine rings is 1. The zero-order chi connectivity index (χ0) is 17.1. The molecule has 126 valence electrons. The number of nitrogens with zero attached hydrogens (tertiary/aromatic N) is 1. The first-order valence-electron chi connectivity index (χ1n) is 7.35. The standard InChI is InChI=1S/C16H17F4NOS/c1-7-4-9(17)10(5-11(7)23-14(20)13(18)19)21-6-8-12(15(21)22)16(8,2)3/h4-5,8,12-14H,6H2,1-3H3. The third-order valence-electron chi connectivity index (χ3n) is 4.93. The maximum atomic E-state index is 14.2. The van der Waals surface area contributed by atoms with E-state index < -0.39 is 17.7 Å². The Balaban J connectivity index is 1.88. The second-order valence-corrected chi connectivity index (χ2v) is 7.85. The Labute approximate surface area is 136 Å². The van der Waals surface area contributed by atoms with Crippen LogP contribution in [0.5, 0.6) is 0 Å². The number of thioether (sulfide) groups is 1. The molecule has 0 spiro atoms. The molecule has 1 aromatic carbocycles. The van der Waals surface area contributed by atoms with Crippen LogP contribution in [0.15, 0.2) is 17.0 Å². The molecular weight excluding hydrogens is 330 g/mol. The van der Waals surface area contributed by atoms with Crippen molar-refractivity contribution in [2.45, 2.75) is 37.6 Å². The van der Waals surface area contributed by atoms with Crippen molar-refractivity contribution in [3.63, 3.8) is 0 Å². The first kappa shape index (κ1) is 16.6. The molecule has 0 bridgehead atoms. The first-order chi connectivity index (χ1) is 10.6. The van der Waals surface area contributed by atoms with E-state index in [1.807, 2.05) is 13.8 Å². The minimum absolute atomic E-state index is 0.0487. The van der Waals surface area contributed by atoms with Gasteiger partial charge in [0.25, 0.3) is 6.43 Å². The predicted molar refractivity (Wildman–Crippen MR) is 81.0 cm³/mol. The van der Waals surface area contributed by atoms with Crippen LogP contribution < -0.4 is 4.90 Å². The number of rotatable bonds is 4. The van der Waals surface area contributed by atoms with Crippen LogP contribution >= 0.6 is 11.8 Å². The van der Waals surface area contributed by atoms with Crippen LogP contribution in [-0.2, 0) is 4.79 Å². The Morgan fingerprint density at radius 1 is 1.30 bits per heavy atom. The van der Waals surface area contributed by atoms with Gasteiger partial charge in [-0.2, -0.15) is 0 Å². The SMILES string of the molecule is Cc1cc(F)c(N2CC3C(C2=O)C3(C)C)cc1SC(F)C(F)F. The second kappa shape index (κ2) is 5.40. The lowest BCUT2D eigenvalue weighted by molar-refractivity contribution is -0.119. The lowest BCUT2D eigenvalue weighted by Gasteiger charge is -2.24. The molecule has 0 radical (unpaired) electrons. The average Bonchev–Trinajstić information content (AvgIpc) is 2.79. The van der Waals surface area contributed by atoms with Crippen LogP contribution in [-0.4, -0.2) is 24.4 Å². The smallest absolute Gasteiger partial charge is 0.278 e. The van der Waals surface area contributed by atoms with Crippen molar-refractivity contribution >= 4 is 23.4 Å². The van der Waals surface area contributed by atoms with E-state index in [9.17, 15) is 22.4 Å². The van der Waals surface area contributed by atoms with Crippen molar-refractivity contribution < 1.29 is 22.4 Å². The van der Waals surface area contributed by atoms with Gasteiger partial charge < -0.3 is 4.90 Å². The van der Waals surface area contributed by atoms with Crippen molar-refractivity contribution in [1.29, 1.82) is 0 Å². The van der Waals surface area contributed by atoms with Crippen LogP contribution in [0.25, 0.3) is 0 Å². The number of carbonyl (C=O) groups is 1. The van der Waals surface area contributed by atoms with Crippen molar-refractivity contribution in [2.75, 3.05) is 11.4 Å². The van der Waals surface area contributed by atoms with Gasteiger partial charge in [0.15, 0.2) is 0 Å². The lowest BCUT2D eigenvalue weighted by Crippen LogP contribution is -2.32. The van der Waals surface area contributed by atoms with Gasteiger partial charge in [0.1, 0.15) is 5.82 Å². The van der Waals surface area contributed by atoms with E-state index in [0.717, 1.165) is 6.07 Å². The number of hydrogen-bond donors (Lipinski definition) is 0. The molecule has 23 heavy (non-hydrogen) atoms. The number of amides is 1. The molecule has 0 aromatic heterocycles. The zero-order valence-electron chi connectivity index (χ0n) is 12.9. The molecule has 2 nitrogen and oxygen atoms in total. The normalized spacial score (nSPS) is 26.6. The summed E-state index contributed by atoms with van der Waals surface area (Å²) in [6.07, 6.45) is -3.12. The van der Waals surface area contributed by atoms with Gasteiger partial charge in [0.2, 0.25) is 11.4 Å². The molecule has 1 aliphatic heterocycles. The largest absolute Gasteiger partial charge is 0.309 e. The van der Waals surface area contributed by atoms with Crippen LogP contribution in [0.3, 0.4) is 0 Å². The Morgan fingerprint density at radius 3 is 2.48 bits per heavy atom. The lowest BCUT2D eigenvalue weighted by atomic mass is 10.1. The summed E-state index contributed by atoms with van der Waals surface area (Å²) in [4.78, 5) is 14.0. The summed E-state index contributed by atoms with van der Waals surface area (Å²) in [5.74, 6) is -0.674. The molecule has 7 heteroatoms. The number of halogens is 4. The average molecular weight is 347 g/mol. The molecule has 1 saturated carbocycles. The van der Waals surface area contributed by atoms with E-state index in [1.54, 1.807) is 0 Å². The number of anilines is 1. The van der Waals surface area contributed by atoms with Gasteiger partial charge in [-0.25, -0.2) is 17.6 Å². The minimum atomic E-state index is -3.12. The fraction of sp³-hybridized carbons (Fsp3) is 0.562. The molecule has 3 unspecified atom stereocenters. The highest BCUT2D eigenvalue weighted by Crippen LogP contribution is 2.63. The molecule has 2 aliphatic rings. The van der Waals surface area contributed by atoms with Gasteiger partial charge in [-0.1, -0.05) is 25.6 Å². The summed E-state index contributed by atoms with van der Waals surface area (Å²) >= 11 is 0.352. The summed E-state index contributed by atoms with van der Waals surface area (Å²) < 4.78 is 52.3. The molecule has 3 rings (SSSR count). The van der Waals surface area contributed by atoms with E-state index in [0.29, 0.717) is 23.9 Å². The van der Waals surface area contributed by atoms with Crippen molar-refractivity contribution in [3.05, 3.63) is 23.5 Å². The Kier molecular flexibility index (Phi) is 3.90. The van der Waals surface area contributed by atoms with Crippen molar-refractivity contribution in [3.8, 4) is 0 Å². The summed E-state index contributed by atoms with van der Waals surface area (Å²) in [5.41, 5.74) is -2.02. The molecule has 0 N–H and O–H groups in total. The van der Waals surface area contributed by atoms with Gasteiger partial charge in [-0.15, -0.1) is 0 Å². The first-order valence-corrected chi connectivity index (χ1v) is 8.23. The molecule has 2 fully saturated rings. The molecule has 1 aliphatic carbocycles. The number of aryl methyl sites for hydroxylation is 1. The number of benzene rings is 1. The number of hydrogen-bond acceptors (Lipinski definition) is 2. The van der Waals surface area contributed by atoms with Crippen molar-refractivity contribution in [1.82, 2.24) is 0 Å². The van der Waals surface area contributed by atoms with Crippen LogP contribution in [0.2, 0.25) is 0 Å².